The molecule has 0 saturated heterocycles. The van der Waals surface area contributed by atoms with Crippen molar-refractivity contribution in [3.05, 3.63) is 57.6 Å². The third kappa shape index (κ3) is 1.94. The first-order valence-electron chi connectivity index (χ1n) is 5.46. The number of nitrogens with zero attached hydrogens (tertiary/aromatic N) is 1. The third-order valence-electron chi connectivity index (χ3n) is 2.88. The van der Waals surface area contributed by atoms with Gasteiger partial charge in [-0.2, -0.15) is 0 Å². The molecule has 2 aliphatic rings. The van der Waals surface area contributed by atoms with Crippen molar-refractivity contribution in [2.45, 2.75) is 13.5 Å². The summed E-state index contributed by atoms with van der Waals surface area (Å²) < 4.78 is 5.39. The number of hydrogen-bond acceptors (Lipinski definition) is 3. The zero-order valence-corrected chi connectivity index (χ0v) is 11.0. The zero-order valence-electron chi connectivity index (χ0n) is 9.44. The van der Waals surface area contributed by atoms with Gasteiger partial charge in [0.1, 0.15) is 10.9 Å². The van der Waals surface area contributed by atoms with E-state index in [1.807, 2.05) is 30.0 Å². The van der Waals surface area contributed by atoms with Gasteiger partial charge in [0.15, 0.2) is 0 Å². The Morgan fingerprint density at radius 2 is 2.35 bits per heavy atom. The van der Waals surface area contributed by atoms with Crippen molar-refractivity contribution in [2.75, 3.05) is 5.75 Å². The topological polar surface area (TPSA) is 16.4 Å². The van der Waals surface area contributed by atoms with Crippen LogP contribution in [0.4, 0.5) is 0 Å². The average Bonchev–Trinajstić information content (AvgIpc) is 2.93. The van der Waals surface area contributed by atoms with Crippen LogP contribution in [0.25, 0.3) is 0 Å². The second-order valence-electron chi connectivity index (χ2n) is 4.10. The number of hydrogen-bond donors (Lipinski definition) is 0. The smallest absolute Gasteiger partial charge is 0.123 e. The summed E-state index contributed by atoms with van der Waals surface area (Å²) in [7, 11) is 0. The van der Waals surface area contributed by atoms with Crippen LogP contribution in [-0.4, -0.2) is 10.7 Å². The minimum atomic E-state index is 0.687. The first-order chi connectivity index (χ1) is 8.25. The van der Waals surface area contributed by atoms with E-state index in [1.165, 1.54) is 16.2 Å². The second-order valence-corrected chi connectivity index (χ2v) is 5.51. The Labute approximate surface area is 110 Å². The lowest BCUT2D eigenvalue weighted by Crippen LogP contribution is -2.22. The summed E-state index contributed by atoms with van der Waals surface area (Å²) in [5.41, 5.74) is 2.62. The summed E-state index contributed by atoms with van der Waals surface area (Å²) in [6.45, 7) is 2.85. The normalized spacial score (nSPS) is 19.3. The molecule has 0 saturated carbocycles. The molecule has 3 rings (SSSR count). The predicted molar refractivity (Wildman–Crippen MR) is 71.4 cm³/mol. The third-order valence-corrected chi connectivity index (χ3v) is 4.42. The molecule has 0 fully saturated rings. The molecule has 3 heterocycles. The maximum absolute atomic E-state index is 6.29. The van der Waals surface area contributed by atoms with Crippen LogP contribution in [0, 0.1) is 0 Å². The maximum atomic E-state index is 6.29. The van der Waals surface area contributed by atoms with Crippen LogP contribution in [-0.2, 0) is 6.54 Å². The average molecular weight is 266 g/mol. The van der Waals surface area contributed by atoms with Gasteiger partial charge in [-0.1, -0.05) is 11.6 Å². The Morgan fingerprint density at radius 1 is 1.47 bits per heavy atom. The number of furan rings is 1. The van der Waals surface area contributed by atoms with E-state index >= 15 is 0 Å². The largest absolute Gasteiger partial charge is 0.467 e. The van der Waals surface area contributed by atoms with Crippen molar-refractivity contribution >= 4 is 23.4 Å². The van der Waals surface area contributed by atoms with Crippen LogP contribution in [0.3, 0.4) is 0 Å². The van der Waals surface area contributed by atoms with Gasteiger partial charge in [0.2, 0.25) is 0 Å². The van der Waals surface area contributed by atoms with Gasteiger partial charge >= 0.3 is 0 Å². The van der Waals surface area contributed by atoms with Crippen molar-refractivity contribution in [1.29, 1.82) is 0 Å². The fourth-order valence-electron chi connectivity index (χ4n) is 2.08. The monoisotopic (exact) mass is 265 g/mol. The quantitative estimate of drug-likeness (QED) is 0.750. The molecule has 2 nitrogen and oxygen atoms in total. The van der Waals surface area contributed by atoms with Crippen molar-refractivity contribution in [3.8, 4) is 0 Å². The highest BCUT2D eigenvalue weighted by molar-refractivity contribution is 8.03. The molecule has 0 spiro atoms. The molecule has 17 heavy (non-hydrogen) atoms. The van der Waals surface area contributed by atoms with Crippen LogP contribution in [0.2, 0.25) is 0 Å². The molecular formula is C13H12ClNOS. The van der Waals surface area contributed by atoms with E-state index < -0.39 is 0 Å². The lowest BCUT2D eigenvalue weighted by atomic mass is 10.2. The van der Waals surface area contributed by atoms with E-state index in [-0.39, 0.29) is 0 Å². The number of thioether (sulfide) groups is 1. The molecule has 88 valence electrons. The summed E-state index contributed by atoms with van der Waals surface area (Å²) in [4.78, 5) is 3.42. The van der Waals surface area contributed by atoms with Gasteiger partial charge in [-0.3, -0.25) is 0 Å². The van der Waals surface area contributed by atoms with Crippen molar-refractivity contribution in [3.63, 3.8) is 0 Å². The Morgan fingerprint density at radius 3 is 3.12 bits per heavy atom. The Hall–Kier alpha value is -1.06. The van der Waals surface area contributed by atoms with Crippen LogP contribution < -0.4 is 0 Å². The van der Waals surface area contributed by atoms with Crippen LogP contribution in [0.1, 0.15) is 12.7 Å². The molecule has 4 heteroatoms. The molecule has 0 bridgehead atoms. The number of fused-ring (bicyclic) bond motifs is 1. The van der Waals surface area contributed by atoms with Gasteiger partial charge in [0.25, 0.3) is 0 Å². The highest BCUT2D eigenvalue weighted by Gasteiger charge is 2.27. The minimum Gasteiger partial charge on any atom is -0.467 e. The van der Waals surface area contributed by atoms with Gasteiger partial charge in [-0.05, 0) is 36.8 Å². The number of rotatable bonds is 2. The van der Waals surface area contributed by atoms with Gasteiger partial charge in [0.05, 0.1) is 18.5 Å². The van der Waals surface area contributed by atoms with Crippen molar-refractivity contribution < 1.29 is 4.42 Å². The van der Waals surface area contributed by atoms with Crippen LogP contribution in [0.5, 0.6) is 0 Å². The lowest BCUT2D eigenvalue weighted by molar-refractivity contribution is 0.383. The van der Waals surface area contributed by atoms with Crippen LogP contribution in [0.15, 0.2) is 56.3 Å². The number of allylic oxidation sites excluding steroid dienone is 2. The standard InChI is InChI=1S/C13H12ClNOS/c1-9-8-17-11-4-5-12(14)15(13(9)11)7-10-3-2-6-16-10/h2-6H,7-8H2,1H3. The lowest BCUT2D eigenvalue weighted by Gasteiger charge is -2.28. The van der Waals surface area contributed by atoms with Gasteiger partial charge < -0.3 is 9.32 Å². The second kappa shape index (κ2) is 4.31. The van der Waals surface area contributed by atoms with E-state index in [2.05, 4.69) is 17.9 Å². The highest BCUT2D eigenvalue weighted by Crippen LogP contribution is 2.43. The first kappa shape index (κ1) is 11.1. The SMILES string of the molecule is CC1=C2C(=CC=C(Cl)N2Cc2ccco2)SC1. The van der Waals surface area contributed by atoms with Gasteiger partial charge in [-0.15, -0.1) is 11.8 Å². The molecule has 0 unspecified atom stereocenters. The van der Waals surface area contributed by atoms with E-state index in [9.17, 15) is 0 Å². The van der Waals surface area contributed by atoms with Crippen molar-refractivity contribution in [2.24, 2.45) is 0 Å². The Balaban J connectivity index is 1.95. The molecule has 2 aliphatic heterocycles. The Bertz CT molecular complexity index is 528. The molecule has 0 N–H and O–H groups in total. The highest BCUT2D eigenvalue weighted by atomic mass is 35.5. The zero-order chi connectivity index (χ0) is 11.8. The summed E-state index contributed by atoms with van der Waals surface area (Å²) in [5, 5.41) is 0.752. The molecule has 1 aromatic heterocycles. The molecule has 0 atom stereocenters. The van der Waals surface area contributed by atoms with Gasteiger partial charge in [-0.25, -0.2) is 0 Å². The predicted octanol–water partition coefficient (Wildman–Crippen LogP) is 4.08. The fourth-order valence-corrected chi connectivity index (χ4v) is 3.38. The maximum Gasteiger partial charge on any atom is 0.123 e. The van der Waals surface area contributed by atoms with E-state index in [0.717, 1.165) is 16.7 Å². The minimum absolute atomic E-state index is 0.687. The summed E-state index contributed by atoms with van der Waals surface area (Å²) in [6.07, 6.45) is 5.74. The van der Waals surface area contributed by atoms with E-state index in [0.29, 0.717) is 6.54 Å². The summed E-state index contributed by atoms with van der Waals surface area (Å²) in [6, 6.07) is 3.87. The van der Waals surface area contributed by atoms with Crippen LogP contribution >= 0.6 is 23.4 Å². The Kier molecular flexibility index (Phi) is 2.81. The molecule has 1 aromatic rings. The molecule has 0 aromatic carbocycles. The molecule has 0 aliphatic carbocycles. The fraction of sp³-hybridized carbons (Fsp3) is 0.231. The number of halogens is 1. The van der Waals surface area contributed by atoms with Crippen molar-refractivity contribution in [1.82, 2.24) is 4.90 Å². The summed E-state index contributed by atoms with van der Waals surface area (Å²) in [5.74, 6) is 1.98. The molecular weight excluding hydrogens is 254 g/mol. The molecule has 0 radical (unpaired) electrons. The first-order valence-corrected chi connectivity index (χ1v) is 6.82. The molecule has 0 amide bonds. The van der Waals surface area contributed by atoms with Gasteiger partial charge in [0, 0.05) is 10.7 Å². The summed E-state index contributed by atoms with van der Waals surface area (Å²) >= 11 is 8.15. The van der Waals surface area contributed by atoms with E-state index in [1.54, 1.807) is 6.26 Å². The van der Waals surface area contributed by atoms with E-state index in [4.69, 9.17) is 16.0 Å².